The number of amides is 1. The molecule has 2 aromatic rings. The Balaban J connectivity index is 1.78. The van der Waals surface area contributed by atoms with E-state index in [-0.39, 0.29) is 12.3 Å². The second-order valence-electron chi connectivity index (χ2n) is 6.65. The first-order chi connectivity index (χ1) is 12.6. The average Bonchev–Trinajstić information content (AvgIpc) is 3.20. The van der Waals surface area contributed by atoms with Crippen molar-refractivity contribution in [3.63, 3.8) is 0 Å². The Bertz CT molecular complexity index is 769. The van der Waals surface area contributed by atoms with Gasteiger partial charge >= 0.3 is 5.97 Å². The molecule has 1 heterocycles. The topological polar surface area (TPSA) is 66.8 Å². The summed E-state index contributed by atoms with van der Waals surface area (Å²) < 4.78 is 5.42. The van der Waals surface area contributed by atoms with Crippen LogP contribution in [0.25, 0.3) is 0 Å². The minimum atomic E-state index is -1.01. The first kappa shape index (κ1) is 18.1. The molecule has 0 saturated carbocycles. The third-order valence-electron chi connectivity index (χ3n) is 4.88. The SMILES string of the molecule is CN(C(=O)c1cccc(C2CCOC2)c1)C(Cc1ccccc1)C(=O)O. The van der Waals surface area contributed by atoms with Crippen molar-refractivity contribution in [2.75, 3.05) is 20.3 Å². The van der Waals surface area contributed by atoms with E-state index in [1.165, 1.54) is 4.90 Å². The molecule has 136 valence electrons. The molecule has 1 amide bonds. The predicted octanol–water partition coefficient (Wildman–Crippen LogP) is 2.96. The maximum Gasteiger partial charge on any atom is 0.326 e. The van der Waals surface area contributed by atoms with Crippen LogP contribution in [0.15, 0.2) is 54.6 Å². The standard InChI is InChI=1S/C21H23NO4/c1-22(19(21(24)25)12-15-6-3-2-4-7-15)20(23)17-9-5-8-16(13-17)18-10-11-26-14-18/h2-9,13,18-19H,10-12,14H2,1H3,(H,24,25). The second kappa shape index (κ2) is 8.15. The zero-order chi connectivity index (χ0) is 18.5. The first-order valence-electron chi connectivity index (χ1n) is 8.78. The number of nitrogens with zero attached hydrogens (tertiary/aromatic N) is 1. The minimum Gasteiger partial charge on any atom is -0.480 e. The molecular formula is C21H23NO4. The number of benzene rings is 2. The van der Waals surface area contributed by atoms with Crippen LogP contribution in [-0.2, 0) is 16.0 Å². The highest BCUT2D eigenvalue weighted by Crippen LogP contribution is 2.26. The normalized spacial score (nSPS) is 17.7. The summed E-state index contributed by atoms with van der Waals surface area (Å²) in [4.78, 5) is 25.9. The van der Waals surface area contributed by atoms with Gasteiger partial charge in [-0.1, -0.05) is 42.5 Å². The van der Waals surface area contributed by atoms with Gasteiger partial charge in [-0.2, -0.15) is 0 Å². The van der Waals surface area contributed by atoms with Crippen molar-refractivity contribution < 1.29 is 19.4 Å². The summed E-state index contributed by atoms with van der Waals surface area (Å²) in [6.45, 7) is 1.40. The molecule has 0 bridgehead atoms. The predicted molar refractivity (Wildman–Crippen MR) is 98.3 cm³/mol. The van der Waals surface area contributed by atoms with Crippen molar-refractivity contribution in [3.05, 3.63) is 71.3 Å². The van der Waals surface area contributed by atoms with E-state index in [1.807, 2.05) is 48.5 Å². The minimum absolute atomic E-state index is 0.272. The third-order valence-corrected chi connectivity index (χ3v) is 4.88. The van der Waals surface area contributed by atoms with Crippen LogP contribution in [0, 0.1) is 0 Å². The number of likely N-dealkylation sites (N-methyl/N-ethyl adjacent to an activating group) is 1. The summed E-state index contributed by atoms with van der Waals surface area (Å²) in [7, 11) is 1.55. The molecule has 3 rings (SSSR count). The Labute approximate surface area is 153 Å². The highest BCUT2D eigenvalue weighted by atomic mass is 16.5. The summed E-state index contributed by atoms with van der Waals surface area (Å²) >= 11 is 0. The number of rotatable bonds is 6. The van der Waals surface area contributed by atoms with Gasteiger partial charge in [-0.25, -0.2) is 4.79 Å². The van der Waals surface area contributed by atoms with E-state index in [0.29, 0.717) is 18.1 Å². The lowest BCUT2D eigenvalue weighted by molar-refractivity contribution is -0.141. The van der Waals surface area contributed by atoms with Crippen LogP contribution >= 0.6 is 0 Å². The summed E-state index contributed by atoms with van der Waals surface area (Å²) in [5, 5.41) is 9.62. The first-order valence-corrected chi connectivity index (χ1v) is 8.78. The molecule has 1 saturated heterocycles. The summed E-state index contributed by atoms with van der Waals surface area (Å²) in [5.41, 5.74) is 2.46. The molecule has 0 aromatic heterocycles. The van der Waals surface area contributed by atoms with Crippen molar-refractivity contribution in [2.45, 2.75) is 24.8 Å². The lowest BCUT2D eigenvalue weighted by atomic mass is 9.96. The van der Waals surface area contributed by atoms with Crippen LogP contribution in [0.2, 0.25) is 0 Å². The number of ether oxygens (including phenoxy) is 1. The molecule has 1 fully saturated rings. The molecule has 0 spiro atoms. The molecular weight excluding hydrogens is 330 g/mol. The fourth-order valence-corrected chi connectivity index (χ4v) is 3.30. The molecule has 0 radical (unpaired) electrons. The number of aliphatic carboxylic acids is 1. The van der Waals surface area contributed by atoms with Crippen molar-refractivity contribution in [2.24, 2.45) is 0 Å². The highest BCUT2D eigenvalue weighted by molar-refractivity contribution is 5.96. The van der Waals surface area contributed by atoms with Gasteiger partial charge in [0.2, 0.25) is 0 Å². The third kappa shape index (κ3) is 4.11. The van der Waals surface area contributed by atoms with Gasteiger partial charge < -0.3 is 14.7 Å². The van der Waals surface area contributed by atoms with Gasteiger partial charge in [0.25, 0.3) is 5.91 Å². The lowest BCUT2D eigenvalue weighted by Gasteiger charge is -2.25. The van der Waals surface area contributed by atoms with E-state index >= 15 is 0 Å². The number of carboxylic acid groups (broad SMARTS) is 1. The molecule has 5 heteroatoms. The van der Waals surface area contributed by atoms with Crippen molar-refractivity contribution in [1.29, 1.82) is 0 Å². The van der Waals surface area contributed by atoms with Crippen LogP contribution in [0.3, 0.4) is 0 Å². The van der Waals surface area contributed by atoms with E-state index in [0.717, 1.165) is 24.2 Å². The number of carbonyl (C=O) groups is 2. The average molecular weight is 353 g/mol. The number of hydrogen-bond acceptors (Lipinski definition) is 3. The quantitative estimate of drug-likeness (QED) is 0.867. The molecule has 2 unspecified atom stereocenters. The second-order valence-corrected chi connectivity index (χ2v) is 6.65. The van der Waals surface area contributed by atoms with Gasteiger partial charge in [-0.15, -0.1) is 0 Å². The Hall–Kier alpha value is -2.66. The number of carboxylic acids is 1. The van der Waals surface area contributed by atoms with Gasteiger partial charge in [0.15, 0.2) is 0 Å². The van der Waals surface area contributed by atoms with Crippen molar-refractivity contribution in [3.8, 4) is 0 Å². The summed E-state index contributed by atoms with van der Waals surface area (Å²) in [5.74, 6) is -0.994. The van der Waals surface area contributed by atoms with Crippen molar-refractivity contribution >= 4 is 11.9 Å². The fourth-order valence-electron chi connectivity index (χ4n) is 3.30. The smallest absolute Gasteiger partial charge is 0.326 e. The Morgan fingerprint density at radius 2 is 1.96 bits per heavy atom. The summed E-state index contributed by atoms with van der Waals surface area (Å²) in [6, 6.07) is 15.9. The van der Waals surface area contributed by atoms with E-state index in [4.69, 9.17) is 4.74 Å². The largest absolute Gasteiger partial charge is 0.480 e. The van der Waals surface area contributed by atoms with Crippen LogP contribution in [0.1, 0.15) is 33.8 Å². The van der Waals surface area contributed by atoms with Crippen LogP contribution < -0.4 is 0 Å². The van der Waals surface area contributed by atoms with Gasteiger partial charge in [-0.05, 0) is 29.7 Å². The molecule has 5 nitrogen and oxygen atoms in total. The zero-order valence-electron chi connectivity index (χ0n) is 14.8. The van der Waals surface area contributed by atoms with Gasteiger partial charge in [0.05, 0.1) is 6.61 Å². The van der Waals surface area contributed by atoms with Crippen molar-refractivity contribution in [1.82, 2.24) is 4.90 Å². The lowest BCUT2D eigenvalue weighted by Crippen LogP contribution is -2.43. The molecule has 0 aliphatic carbocycles. The van der Waals surface area contributed by atoms with E-state index in [9.17, 15) is 14.7 Å². The van der Waals surface area contributed by atoms with Crippen LogP contribution in [0.5, 0.6) is 0 Å². The monoisotopic (exact) mass is 353 g/mol. The van der Waals surface area contributed by atoms with Gasteiger partial charge in [0, 0.05) is 31.6 Å². The maximum absolute atomic E-state index is 12.9. The molecule has 26 heavy (non-hydrogen) atoms. The Morgan fingerprint density at radius 3 is 2.62 bits per heavy atom. The number of hydrogen-bond donors (Lipinski definition) is 1. The summed E-state index contributed by atoms with van der Waals surface area (Å²) in [6.07, 6.45) is 1.22. The molecule has 2 aromatic carbocycles. The van der Waals surface area contributed by atoms with E-state index in [1.54, 1.807) is 13.1 Å². The molecule has 1 aliphatic rings. The Kier molecular flexibility index (Phi) is 5.68. The Morgan fingerprint density at radius 1 is 1.19 bits per heavy atom. The van der Waals surface area contributed by atoms with Gasteiger partial charge in [0.1, 0.15) is 6.04 Å². The van der Waals surface area contributed by atoms with E-state index < -0.39 is 12.0 Å². The fraction of sp³-hybridized carbons (Fsp3) is 0.333. The highest BCUT2D eigenvalue weighted by Gasteiger charge is 2.28. The molecule has 1 N–H and O–H groups in total. The van der Waals surface area contributed by atoms with Crippen LogP contribution in [-0.4, -0.2) is 48.2 Å². The zero-order valence-corrected chi connectivity index (χ0v) is 14.8. The van der Waals surface area contributed by atoms with Gasteiger partial charge in [-0.3, -0.25) is 4.79 Å². The molecule has 1 aliphatic heterocycles. The maximum atomic E-state index is 12.9. The van der Waals surface area contributed by atoms with Crippen LogP contribution in [0.4, 0.5) is 0 Å². The van der Waals surface area contributed by atoms with E-state index in [2.05, 4.69) is 0 Å². The molecule has 2 atom stereocenters. The number of carbonyl (C=O) groups excluding carboxylic acids is 1.